The third-order valence-corrected chi connectivity index (χ3v) is 4.34. The van der Waals surface area contributed by atoms with Crippen molar-refractivity contribution in [2.45, 2.75) is 28.6 Å². The van der Waals surface area contributed by atoms with E-state index < -0.39 is 0 Å². The number of thiazole rings is 1. The van der Waals surface area contributed by atoms with E-state index in [1.807, 2.05) is 23.7 Å². The zero-order valence-corrected chi connectivity index (χ0v) is 10.7. The van der Waals surface area contributed by atoms with Gasteiger partial charge in [0, 0.05) is 22.5 Å². The van der Waals surface area contributed by atoms with E-state index >= 15 is 0 Å². The van der Waals surface area contributed by atoms with Crippen molar-refractivity contribution in [1.29, 1.82) is 0 Å². The van der Waals surface area contributed by atoms with Crippen LogP contribution in [0.1, 0.15) is 24.9 Å². The molecule has 0 radical (unpaired) electrons. The van der Waals surface area contributed by atoms with Crippen molar-refractivity contribution in [1.82, 2.24) is 4.98 Å². The lowest BCUT2D eigenvalue weighted by Gasteiger charge is -2.13. The van der Waals surface area contributed by atoms with Gasteiger partial charge in [-0.2, -0.15) is 0 Å². The molecule has 0 spiro atoms. The van der Waals surface area contributed by atoms with Crippen LogP contribution in [0, 0.1) is 0 Å². The molecule has 1 aromatic carbocycles. The molecule has 2 N–H and O–H groups in total. The molecule has 84 valence electrons. The highest BCUT2D eigenvalue weighted by molar-refractivity contribution is 8.01. The SMILES string of the molecule is CC[C@H](N)c1ccccc1Sc1nccs1. The number of hydrogen-bond donors (Lipinski definition) is 1. The second-order valence-corrected chi connectivity index (χ2v) is 5.64. The zero-order chi connectivity index (χ0) is 11.4. The maximum Gasteiger partial charge on any atom is 0.154 e. The van der Waals surface area contributed by atoms with Crippen molar-refractivity contribution < 1.29 is 0 Å². The number of hydrogen-bond acceptors (Lipinski definition) is 4. The molecular weight excluding hydrogens is 236 g/mol. The molecule has 0 amide bonds. The summed E-state index contributed by atoms with van der Waals surface area (Å²) in [4.78, 5) is 5.49. The first kappa shape index (κ1) is 11.6. The van der Waals surface area contributed by atoms with Crippen LogP contribution in [0.25, 0.3) is 0 Å². The lowest BCUT2D eigenvalue weighted by Crippen LogP contribution is -2.09. The van der Waals surface area contributed by atoms with E-state index in [0.717, 1.165) is 10.8 Å². The monoisotopic (exact) mass is 250 g/mol. The quantitative estimate of drug-likeness (QED) is 0.899. The Bertz CT molecular complexity index is 440. The highest BCUT2D eigenvalue weighted by atomic mass is 32.2. The Morgan fingerprint density at radius 3 is 2.94 bits per heavy atom. The highest BCUT2D eigenvalue weighted by Gasteiger charge is 2.10. The Labute approximate surface area is 104 Å². The maximum atomic E-state index is 6.09. The van der Waals surface area contributed by atoms with Gasteiger partial charge >= 0.3 is 0 Å². The molecule has 1 atom stereocenters. The standard InChI is InChI=1S/C12H14N2S2/c1-2-10(13)9-5-3-4-6-11(9)16-12-14-7-8-15-12/h3-8,10H,2,13H2,1H3/t10-/m0/s1. The second kappa shape index (κ2) is 5.48. The summed E-state index contributed by atoms with van der Waals surface area (Å²) in [6, 6.07) is 8.41. The molecule has 0 unspecified atom stereocenters. The van der Waals surface area contributed by atoms with Crippen LogP contribution in [0.5, 0.6) is 0 Å². The lowest BCUT2D eigenvalue weighted by atomic mass is 10.1. The highest BCUT2D eigenvalue weighted by Crippen LogP contribution is 2.34. The van der Waals surface area contributed by atoms with Crippen molar-refractivity contribution in [2.24, 2.45) is 5.73 Å². The van der Waals surface area contributed by atoms with E-state index in [1.54, 1.807) is 23.1 Å². The van der Waals surface area contributed by atoms with Gasteiger partial charge in [-0.25, -0.2) is 4.98 Å². The number of aromatic nitrogens is 1. The van der Waals surface area contributed by atoms with E-state index in [2.05, 4.69) is 24.0 Å². The molecular formula is C12H14N2S2. The molecule has 1 aromatic heterocycles. The zero-order valence-electron chi connectivity index (χ0n) is 9.09. The Kier molecular flexibility index (Phi) is 3.98. The molecule has 2 rings (SSSR count). The number of rotatable bonds is 4. The molecule has 0 aliphatic heterocycles. The molecule has 0 saturated heterocycles. The lowest BCUT2D eigenvalue weighted by molar-refractivity contribution is 0.685. The van der Waals surface area contributed by atoms with E-state index in [1.165, 1.54) is 10.5 Å². The fraction of sp³-hybridized carbons (Fsp3) is 0.250. The normalized spacial score (nSPS) is 12.6. The minimum Gasteiger partial charge on any atom is -0.324 e. The third-order valence-electron chi connectivity index (χ3n) is 2.37. The second-order valence-electron chi connectivity index (χ2n) is 3.45. The van der Waals surface area contributed by atoms with E-state index in [9.17, 15) is 0 Å². The Morgan fingerprint density at radius 1 is 1.44 bits per heavy atom. The Hall–Kier alpha value is -0.840. The van der Waals surface area contributed by atoms with Crippen LogP contribution < -0.4 is 5.73 Å². The van der Waals surface area contributed by atoms with E-state index in [0.29, 0.717) is 0 Å². The molecule has 1 heterocycles. The predicted molar refractivity (Wildman–Crippen MR) is 69.9 cm³/mol. The van der Waals surface area contributed by atoms with Crippen LogP contribution in [0.15, 0.2) is 45.1 Å². The summed E-state index contributed by atoms with van der Waals surface area (Å²) in [5.41, 5.74) is 7.31. The molecule has 2 aromatic rings. The van der Waals surface area contributed by atoms with Gasteiger partial charge < -0.3 is 5.73 Å². The molecule has 0 saturated carbocycles. The summed E-state index contributed by atoms with van der Waals surface area (Å²) < 4.78 is 1.07. The van der Waals surface area contributed by atoms with Crippen molar-refractivity contribution in [2.75, 3.05) is 0 Å². The van der Waals surface area contributed by atoms with Gasteiger partial charge in [-0.3, -0.25) is 0 Å². The van der Waals surface area contributed by atoms with Crippen LogP contribution in [0.3, 0.4) is 0 Å². The van der Waals surface area contributed by atoms with E-state index in [4.69, 9.17) is 5.73 Å². The molecule has 0 bridgehead atoms. The van der Waals surface area contributed by atoms with Crippen molar-refractivity contribution in [3.8, 4) is 0 Å². The van der Waals surface area contributed by atoms with Gasteiger partial charge in [0.2, 0.25) is 0 Å². The first-order chi connectivity index (χ1) is 7.81. The molecule has 16 heavy (non-hydrogen) atoms. The summed E-state index contributed by atoms with van der Waals surface area (Å²) >= 11 is 3.35. The molecule has 4 heteroatoms. The van der Waals surface area contributed by atoms with Gasteiger partial charge in [0.1, 0.15) is 0 Å². The first-order valence-corrected chi connectivity index (χ1v) is 6.92. The Morgan fingerprint density at radius 2 is 2.25 bits per heavy atom. The average Bonchev–Trinajstić information content (AvgIpc) is 2.82. The molecule has 2 nitrogen and oxygen atoms in total. The van der Waals surface area contributed by atoms with Crippen LogP contribution in [-0.2, 0) is 0 Å². The van der Waals surface area contributed by atoms with Gasteiger partial charge in [-0.15, -0.1) is 11.3 Å². The minimum atomic E-state index is 0.115. The van der Waals surface area contributed by atoms with Crippen LogP contribution in [0.2, 0.25) is 0 Å². The van der Waals surface area contributed by atoms with Gasteiger partial charge in [0.25, 0.3) is 0 Å². The largest absolute Gasteiger partial charge is 0.324 e. The fourth-order valence-electron chi connectivity index (χ4n) is 1.45. The first-order valence-electron chi connectivity index (χ1n) is 5.23. The van der Waals surface area contributed by atoms with Gasteiger partial charge in [-0.05, 0) is 18.1 Å². The maximum absolute atomic E-state index is 6.09. The summed E-state index contributed by atoms with van der Waals surface area (Å²) in [5.74, 6) is 0. The topological polar surface area (TPSA) is 38.9 Å². The smallest absolute Gasteiger partial charge is 0.154 e. The van der Waals surface area contributed by atoms with Crippen LogP contribution in [0.4, 0.5) is 0 Å². The van der Waals surface area contributed by atoms with Crippen LogP contribution in [-0.4, -0.2) is 4.98 Å². The molecule has 0 fully saturated rings. The van der Waals surface area contributed by atoms with Gasteiger partial charge in [0.15, 0.2) is 4.34 Å². The fourth-order valence-corrected chi connectivity index (χ4v) is 3.23. The molecule has 0 aliphatic rings. The van der Waals surface area contributed by atoms with Crippen LogP contribution >= 0.6 is 23.1 Å². The predicted octanol–water partition coefficient (Wildman–Crippen LogP) is 3.70. The molecule has 0 aliphatic carbocycles. The number of nitrogens with two attached hydrogens (primary N) is 1. The minimum absolute atomic E-state index is 0.115. The van der Waals surface area contributed by atoms with Crippen molar-refractivity contribution in [3.63, 3.8) is 0 Å². The third kappa shape index (κ3) is 2.64. The van der Waals surface area contributed by atoms with E-state index in [-0.39, 0.29) is 6.04 Å². The summed E-state index contributed by atoms with van der Waals surface area (Å²) in [7, 11) is 0. The Balaban J connectivity index is 2.26. The van der Waals surface area contributed by atoms with Gasteiger partial charge in [0.05, 0.1) is 0 Å². The summed E-state index contributed by atoms with van der Waals surface area (Å²) in [5, 5.41) is 1.99. The summed E-state index contributed by atoms with van der Waals surface area (Å²) in [6.45, 7) is 2.11. The van der Waals surface area contributed by atoms with Gasteiger partial charge in [-0.1, -0.05) is 36.9 Å². The average molecular weight is 250 g/mol. The number of nitrogens with zero attached hydrogens (tertiary/aromatic N) is 1. The number of benzene rings is 1. The summed E-state index contributed by atoms with van der Waals surface area (Å²) in [6.07, 6.45) is 2.78. The van der Waals surface area contributed by atoms with Crippen molar-refractivity contribution in [3.05, 3.63) is 41.4 Å². The van der Waals surface area contributed by atoms with Crippen molar-refractivity contribution >= 4 is 23.1 Å².